The molecule has 0 aromatic carbocycles. The second-order valence-corrected chi connectivity index (χ2v) is 5.31. The number of unbranched alkanes of at least 4 members (excludes halogenated alkanes) is 1. The fourth-order valence-corrected chi connectivity index (χ4v) is 3.03. The van der Waals surface area contributed by atoms with Gasteiger partial charge in [-0.25, -0.2) is 0 Å². The van der Waals surface area contributed by atoms with Crippen LogP contribution in [0.25, 0.3) is 0 Å². The normalized spacial score (nSPS) is 33.2. The lowest BCUT2D eigenvalue weighted by Gasteiger charge is -2.39. The van der Waals surface area contributed by atoms with Crippen molar-refractivity contribution in [3.05, 3.63) is 0 Å². The van der Waals surface area contributed by atoms with Crippen LogP contribution in [0.1, 0.15) is 78.6 Å². The Morgan fingerprint density at radius 3 is 2.14 bits per heavy atom. The van der Waals surface area contributed by atoms with Crippen LogP contribution in [0.2, 0.25) is 0 Å². The molecule has 0 aromatic rings. The lowest BCUT2D eigenvalue weighted by atomic mass is 9.66. The van der Waals surface area contributed by atoms with Gasteiger partial charge < -0.3 is 0 Å². The first kappa shape index (κ1) is 12.1. The van der Waals surface area contributed by atoms with E-state index < -0.39 is 0 Å². The Morgan fingerprint density at radius 1 is 1.07 bits per heavy atom. The van der Waals surface area contributed by atoms with Gasteiger partial charge in [0, 0.05) is 0 Å². The molecule has 0 radical (unpaired) electrons. The molecule has 0 aromatic heterocycles. The van der Waals surface area contributed by atoms with E-state index in [2.05, 4.69) is 20.8 Å². The van der Waals surface area contributed by atoms with Crippen LogP contribution in [0.15, 0.2) is 0 Å². The first-order valence-corrected chi connectivity index (χ1v) is 6.76. The highest BCUT2D eigenvalue weighted by atomic mass is 14.4. The van der Waals surface area contributed by atoms with Crippen molar-refractivity contribution in [3.8, 4) is 0 Å². The van der Waals surface area contributed by atoms with Crippen molar-refractivity contribution in [2.24, 2.45) is 11.3 Å². The average Bonchev–Trinajstić information content (AvgIpc) is 2.27. The van der Waals surface area contributed by atoms with E-state index in [-0.39, 0.29) is 0 Å². The Labute approximate surface area is 90.5 Å². The zero-order chi connectivity index (χ0) is 10.4. The Balaban J connectivity index is 2.39. The van der Waals surface area contributed by atoms with Gasteiger partial charge in [0.15, 0.2) is 0 Å². The van der Waals surface area contributed by atoms with Crippen molar-refractivity contribution < 1.29 is 0 Å². The zero-order valence-corrected chi connectivity index (χ0v) is 10.4. The third kappa shape index (κ3) is 3.00. The average molecular weight is 196 g/mol. The van der Waals surface area contributed by atoms with Crippen molar-refractivity contribution in [3.63, 3.8) is 0 Å². The lowest BCUT2D eigenvalue weighted by molar-refractivity contribution is 0.125. The second-order valence-electron chi connectivity index (χ2n) is 5.31. The van der Waals surface area contributed by atoms with Crippen LogP contribution in [0.3, 0.4) is 0 Å². The highest BCUT2D eigenvalue weighted by molar-refractivity contribution is 4.84. The predicted octanol–water partition coefficient (Wildman–Crippen LogP) is 5.17. The zero-order valence-electron chi connectivity index (χ0n) is 10.4. The van der Waals surface area contributed by atoms with Crippen molar-refractivity contribution >= 4 is 0 Å². The number of hydrogen-bond donors (Lipinski definition) is 0. The fourth-order valence-electron chi connectivity index (χ4n) is 3.03. The summed E-state index contributed by atoms with van der Waals surface area (Å²) >= 11 is 0. The van der Waals surface area contributed by atoms with Gasteiger partial charge in [0.25, 0.3) is 0 Å². The molecule has 0 nitrogen and oxygen atoms in total. The summed E-state index contributed by atoms with van der Waals surface area (Å²) in [5, 5.41) is 0. The van der Waals surface area contributed by atoms with Gasteiger partial charge in [0.2, 0.25) is 0 Å². The lowest BCUT2D eigenvalue weighted by Crippen LogP contribution is -2.26. The molecule has 84 valence electrons. The molecule has 0 bridgehead atoms. The monoisotopic (exact) mass is 196 g/mol. The van der Waals surface area contributed by atoms with E-state index in [4.69, 9.17) is 0 Å². The van der Waals surface area contributed by atoms with Crippen LogP contribution in [-0.4, -0.2) is 0 Å². The minimum atomic E-state index is 0.752. The predicted molar refractivity (Wildman–Crippen MR) is 64.5 cm³/mol. The summed E-state index contributed by atoms with van der Waals surface area (Å²) in [5.41, 5.74) is 0.752. The molecule has 0 amide bonds. The van der Waals surface area contributed by atoms with E-state index >= 15 is 0 Å². The van der Waals surface area contributed by atoms with Gasteiger partial charge in [-0.15, -0.1) is 0 Å². The molecule has 0 saturated heterocycles. The van der Waals surface area contributed by atoms with Crippen LogP contribution < -0.4 is 0 Å². The van der Waals surface area contributed by atoms with Crippen molar-refractivity contribution in [2.45, 2.75) is 78.6 Å². The highest BCUT2D eigenvalue weighted by Gasteiger charge is 2.32. The molecule has 0 atom stereocenters. The largest absolute Gasteiger partial charge is 0.0654 e. The van der Waals surface area contributed by atoms with E-state index in [9.17, 15) is 0 Å². The van der Waals surface area contributed by atoms with Crippen LogP contribution >= 0.6 is 0 Å². The third-order valence-corrected chi connectivity index (χ3v) is 4.55. The second kappa shape index (κ2) is 5.78. The molecule has 0 N–H and O–H groups in total. The molecule has 1 aliphatic rings. The Kier molecular flexibility index (Phi) is 4.98. The summed E-state index contributed by atoms with van der Waals surface area (Å²) in [7, 11) is 0. The van der Waals surface area contributed by atoms with Gasteiger partial charge in [-0.2, -0.15) is 0 Å². The topological polar surface area (TPSA) is 0 Å². The molecule has 1 fully saturated rings. The molecule has 0 heteroatoms. The molecule has 0 aliphatic heterocycles. The molecule has 1 aliphatic carbocycles. The molecule has 0 unspecified atom stereocenters. The van der Waals surface area contributed by atoms with Crippen LogP contribution in [-0.2, 0) is 0 Å². The summed E-state index contributed by atoms with van der Waals surface area (Å²) in [5.74, 6) is 1.05. The van der Waals surface area contributed by atoms with E-state index in [1.807, 2.05) is 0 Å². The summed E-state index contributed by atoms with van der Waals surface area (Å²) in [6, 6.07) is 0. The van der Waals surface area contributed by atoms with E-state index in [0.29, 0.717) is 0 Å². The molecular formula is C14H28. The van der Waals surface area contributed by atoms with Crippen LogP contribution in [0.5, 0.6) is 0 Å². The maximum atomic E-state index is 2.40. The highest BCUT2D eigenvalue weighted by Crippen LogP contribution is 2.45. The summed E-state index contributed by atoms with van der Waals surface area (Å²) in [6.07, 6.45) is 13.2. The minimum Gasteiger partial charge on any atom is -0.0654 e. The van der Waals surface area contributed by atoms with Crippen molar-refractivity contribution in [1.82, 2.24) is 0 Å². The summed E-state index contributed by atoms with van der Waals surface area (Å²) in [4.78, 5) is 0. The standard InChI is InChI=1S/C14H28/c1-4-7-10-14(6-3)11-8-13(5-2)9-12-14/h13H,4-12H2,1-3H3. The number of hydrogen-bond acceptors (Lipinski definition) is 0. The van der Waals surface area contributed by atoms with Gasteiger partial charge in [0.1, 0.15) is 0 Å². The van der Waals surface area contributed by atoms with Gasteiger partial charge in [-0.1, -0.05) is 46.5 Å². The van der Waals surface area contributed by atoms with Crippen LogP contribution in [0.4, 0.5) is 0 Å². The van der Waals surface area contributed by atoms with E-state index in [1.165, 1.54) is 57.8 Å². The van der Waals surface area contributed by atoms with Crippen molar-refractivity contribution in [2.75, 3.05) is 0 Å². The maximum Gasteiger partial charge on any atom is -0.0300 e. The minimum absolute atomic E-state index is 0.752. The Hall–Kier alpha value is 0. The first-order chi connectivity index (χ1) is 6.76. The Bertz CT molecular complexity index is 140. The molecule has 0 heterocycles. The van der Waals surface area contributed by atoms with Gasteiger partial charge in [-0.3, -0.25) is 0 Å². The van der Waals surface area contributed by atoms with Crippen LogP contribution in [0, 0.1) is 11.3 Å². The Morgan fingerprint density at radius 2 is 1.71 bits per heavy atom. The first-order valence-electron chi connectivity index (χ1n) is 6.76. The van der Waals surface area contributed by atoms with Gasteiger partial charge in [0.05, 0.1) is 0 Å². The SMILES string of the molecule is CCCCC1(CC)CCC(CC)CC1. The quantitative estimate of drug-likeness (QED) is 0.569. The van der Waals surface area contributed by atoms with Crippen molar-refractivity contribution in [1.29, 1.82) is 0 Å². The number of rotatable bonds is 5. The van der Waals surface area contributed by atoms with Gasteiger partial charge >= 0.3 is 0 Å². The third-order valence-electron chi connectivity index (χ3n) is 4.55. The maximum absolute atomic E-state index is 2.40. The molecule has 1 rings (SSSR count). The summed E-state index contributed by atoms with van der Waals surface area (Å²) < 4.78 is 0. The fraction of sp³-hybridized carbons (Fsp3) is 1.00. The van der Waals surface area contributed by atoms with Gasteiger partial charge in [-0.05, 0) is 43.4 Å². The smallest absolute Gasteiger partial charge is 0.0300 e. The van der Waals surface area contributed by atoms with E-state index in [1.54, 1.807) is 0 Å². The van der Waals surface area contributed by atoms with E-state index in [0.717, 1.165) is 11.3 Å². The molecule has 14 heavy (non-hydrogen) atoms. The molecule has 0 spiro atoms. The summed E-state index contributed by atoms with van der Waals surface area (Å²) in [6.45, 7) is 7.08. The molecule has 1 saturated carbocycles. The molecular weight excluding hydrogens is 168 g/mol.